The van der Waals surface area contributed by atoms with E-state index in [2.05, 4.69) is 5.32 Å². The molecule has 0 heterocycles. The van der Waals surface area contributed by atoms with E-state index in [9.17, 15) is 8.42 Å². The number of sulfonamides is 1. The first-order valence-electron chi connectivity index (χ1n) is 5.09. The second-order valence-electron chi connectivity index (χ2n) is 3.61. The van der Waals surface area contributed by atoms with Gasteiger partial charge in [-0.05, 0) is 24.6 Å². The zero-order valence-electron chi connectivity index (χ0n) is 9.64. The van der Waals surface area contributed by atoms with Gasteiger partial charge in [0.1, 0.15) is 0 Å². The van der Waals surface area contributed by atoms with Gasteiger partial charge in [0.05, 0.1) is 4.90 Å². The van der Waals surface area contributed by atoms with Crippen molar-refractivity contribution in [3.05, 3.63) is 18.2 Å². The Kier molecular flexibility index (Phi) is 4.73. The van der Waals surface area contributed by atoms with Gasteiger partial charge in [-0.3, -0.25) is 0 Å². The number of nitrogen functional groups attached to an aromatic ring is 1. The lowest BCUT2D eigenvalue weighted by Gasteiger charge is -2.08. The van der Waals surface area contributed by atoms with Crippen molar-refractivity contribution in [1.29, 1.82) is 0 Å². The number of hydrogen-bond acceptors (Lipinski definition) is 5. The third-order valence-electron chi connectivity index (χ3n) is 2.11. The van der Waals surface area contributed by atoms with Gasteiger partial charge < -0.3 is 15.8 Å². The largest absolute Gasteiger partial charge is 0.399 e. The van der Waals surface area contributed by atoms with Crippen molar-refractivity contribution in [3.8, 4) is 0 Å². The van der Waals surface area contributed by atoms with Crippen LogP contribution in [0.25, 0.3) is 0 Å². The first-order chi connectivity index (χ1) is 7.93. The Morgan fingerprint density at radius 2 is 2.06 bits per heavy atom. The number of benzene rings is 1. The zero-order chi connectivity index (χ0) is 12.9. The Hall–Kier alpha value is -1.31. The minimum atomic E-state index is -3.73. The molecule has 0 atom stereocenters. The quantitative estimate of drug-likeness (QED) is 0.505. The normalized spacial score (nSPS) is 11.4. The molecule has 5 N–H and O–H groups in total. The number of ether oxygens (including phenoxy) is 1. The molecule has 1 rings (SSSR count). The van der Waals surface area contributed by atoms with Crippen molar-refractivity contribution >= 4 is 21.4 Å². The minimum Gasteiger partial charge on any atom is -0.399 e. The van der Waals surface area contributed by atoms with Crippen LogP contribution in [0.5, 0.6) is 0 Å². The first kappa shape index (κ1) is 13.8. The maximum Gasteiger partial charge on any atom is 0.238 e. The lowest BCUT2D eigenvalue weighted by atomic mass is 10.3. The number of primary sulfonamides is 1. The highest BCUT2D eigenvalue weighted by atomic mass is 32.2. The second kappa shape index (κ2) is 5.85. The molecule has 0 radical (unpaired) electrons. The summed E-state index contributed by atoms with van der Waals surface area (Å²) in [4.78, 5) is 0.00624. The molecule has 0 aromatic heterocycles. The molecule has 0 aliphatic rings. The Morgan fingerprint density at radius 3 is 2.65 bits per heavy atom. The maximum atomic E-state index is 11.2. The standard InChI is InChI=1S/C10H17N3O3S/c1-16-4-2-3-13-9-5-8(11)6-10(7-9)17(12,14)15/h5-7,13H,2-4,11H2,1H3,(H2,12,14,15). The Balaban J connectivity index is 2.77. The molecule has 0 aliphatic carbocycles. The van der Waals surface area contributed by atoms with Crippen LogP contribution in [0.3, 0.4) is 0 Å². The number of hydrogen-bond donors (Lipinski definition) is 3. The molecule has 0 saturated heterocycles. The summed E-state index contributed by atoms with van der Waals surface area (Å²) in [5, 5.41) is 8.09. The Morgan fingerprint density at radius 1 is 1.35 bits per heavy atom. The summed E-state index contributed by atoms with van der Waals surface area (Å²) in [5.74, 6) is 0. The molecule has 0 saturated carbocycles. The predicted molar refractivity (Wildman–Crippen MR) is 67.2 cm³/mol. The summed E-state index contributed by atoms with van der Waals surface area (Å²) < 4.78 is 27.3. The predicted octanol–water partition coefficient (Wildman–Crippen LogP) is 0.365. The van der Waals surface area contributed by atoms with Gasteiger partial charge in [-0.25, -0.2) is 13.6 Å². The zero-order valence-corrected chi connectivity index (χ0v) is 10.5. The van der Waals surface area contributed by atoms with Crippen molar-refractivity contribution in [2.75, 3.05) is 31.3 Å². The summed E-state index contributed by atoms with van der Waals surface area (Å²) in [5.41, 5.74) is 6.58. The Labute approximate surface area is 101 Å². The van der Waals surface area contributed by atoms with Gasteiger partial charge in [0.2, 0.25) is 10.0 Å². The van der Waals surface area contributed by atoms with Crippen LogP contribution in [0, 0.1) is 0 Å². The van der Waals surface area contributed by atoms with Crippen LogP contribution in [-0.2, 0) is 14.8 Å². The fourth-order valence-electron chi connectivity index (χ4n) is 1.34. The molecule has 17 heavy (non-hydrogen) atoms. The summed E-state index contributed by atoms with van der Waals surface area (Å²) in [7, 11) is -2.10. The third kappa shape index (κ3) is 4.59. The fraction of sp³-hybridized carbons (Fsp3) is 0.400. The van der Waals surface area contributed by atoms with Gasteiger partial charge in [-0.1, -0.05) is 0 Å². The van der Waals surface area contributed by atoms with Gasteiger partial charge in [-0.15, -0.1) is 0 Å². The average molecular weight is 259 g/mol. The molecule has 0 spiro atoms. The molecule has 0 amide bonds. The first-order valence-corrected chi connectivity index (χ1v) is 6.64. The van der Waals surface area contributed by atoms with Crippen LogP contribution in [0.4, 0.5) is 11.4 Å². The van der Waals surface area contributed by atoms with Crippen LogP contribution in [-0.4, -0.2) is 28.7 Å². The van der Waals surface area contributed by atoms with Gasteiger partial charge in [0.15, 0.2) is 0 Å². The van der Waals surface area contributed by atoms with Crippen LogP contribution < -0.4 is 16.2 Å². The molecule has 0 aliphatic heterocycles. The van der Waals surface area contributed by atoms with Gasteiger partial charge in [0.25, 0.3) is 0 Å². The highest BCUT2D eigenvalue weighted by molar-refractivity contribution is 7.89. The van der Waals surface area contributed by atoms with E-state index in [-0.39, 0.29) is 4.90 Å². The van der Waals surface area contributed by atoms with Crippen molar-refractivity contribution in [2.24, 2.45) is 5.14 Å². The highest BCUT2D eigenvalue weighted by Gasteiger charge is 2.09. The molecule has 6 nitrogen and oxygen atoms in total. The van der Waals surface area contributed by atoms with Gasteiger partial charge in [0, 0.05) is 31.6 Å². The van der Waals surface area contributed by atoms with E-state index < -0.39 is 10.0 Å². The van der Waals surface area contributed by atoms with E-state index in [1.807, 2.05) is 0 Å². The molecule has 0 bridgehead atoms. The van der Waals surface area contributed by atoms with Crippen molar-refractivity contribution in [3.63, 3.8) is 0 Å². The van der Waals surface area contributed by atoms with E-state index in [1.165, 1.54) is 12.1 Å². The summed E-state index contributed by atoms with van der Waals surface area (Å²) >= 11 is 0. The number of nitrogens with two attached hydrogens (primary N) is 2. The number of methoxy groups -OCH3 is 1. The van der Waals surface area contributed by atoms with Crippen LogP contribution >= 0.6 is 0 Å². The van der Waals surface area contributed by atoms with E-state index in [1.54, 1.807) is 13.2 Å². The van der Waals surface area contributed by atoms with Crippen molar-refractivity contribution < 1.29 is 13.2 Å². The topological polar surface area (TPSA) is 107 Å². The minimum absolute atomic E-state index is 0.00624. The summed E-state index contributed by atoms with van der Waals surface area (Å²) in [6.07, 6.45) is 0.815. The number of anilines is 2. The van der Waals surface area contributed by atoms with E-state index in [0.717, 1.165) is 6.42 Å². The van der Waals surface area contributed by atoms with Crippen molar-refractivity contribution in [2.45, 2.75) is 11.3 Å². The fourth-order valence-corrected chi connectivity index (χ4v) is 1.93. The molecule has 1 aromatic rings. The molecule has 0 unspecified atom stereocenters. The Bertz CT molecular complexity index is 474. The van der Waals surface area contributed by atoms with Crippen LogP contribution in [0.2, 0.25) is 0 Å². The third-order valence-corrected chi connectivity index (χ3v) is 3.00. The SMILES string of the molecule is COCCCNc1cc(N)cc(S(N)(=O)=O)c1. The average Bonchev–Trinajstić information content (AvgIpc) is 2.22. The summed E-state index contributed by atoms with van der Waals surface area (Å²) in [6.45, 7) is 1.30. The molecule has 1 aromatic carbocycles. The van der Waals surface area contributed by atoms with Crippen LogP contribution in [0.15, 0.2) is 23.1 Å². The van der Waals surface area contributed by atoms with E-state index in [0.29, 0.717) is 24.5 Å². The molecule has 7 heteroatoms. The number of nitrogens with one attached hydrogen (secondary N) is 1. The summed E-state index contributed by atoms with van der Waals surface area (Å²) in [6, 6.07) is 4.44. The molecular formula is C10H17N3O3S. The smallest absolute Gasteiger partial charge is 0.238 e. The monoisotopic (exact) mass is 259 g/mol. The molecule has 0 fully saturated rings. The maximum absolute atomic E-state index is 11.2. The second-order valence-corrected chi connectivity index (χ2v) is 5.17. The van der Waals surface area contributed by atoms with Gasteiger partial charge >= 0.3 is 0 Å². The highest BCUT2D eigenvalue weighted by Crippen LogP contribution is 2.19. The van der Waals surface area contributed by atoms with Crippen molar-refractivity contribution in [1.82, 2.24) is 0 Å². The lowest BCUT2D eigenvalue weighted by Crippen LogP contribution is -2.13. The van der Waals surface area contributed by atoms with Crippen LogP contribution in [0.1, 0.15) is 6.42 Å². The van der Waals surface area contributed by atoms with E-state index >= 15 is 0 Å². The lowest BCUT2D eigenvalue weighted by molar-refractivity contribution is 0.198. The number of rotatable bonds is 6. The van der Waals surface area contributed by atoms with Gasteiger partial charge in [-0.2, -0.15) is 0 Å². The molecular weight excluding hydrogens is 242 g/mol. The molecule has 96 valence electrons. The van der Waals surface area contributed by atoms with E-state index in [4.69, 9.17) is 15.6 Å².